The summed E-state index contributed by atoms with van der Waals surface area (Å²) in [7, 11) is 0. The van der Waals surface area contributed by atoms with Crippen molar-refractivity contribution >= 4 is 96.5 Å². The van der Waals surface area contributed by atoms with Crippen molar-refractivity contribution in [2.24, 2.45) is 0 Å². The van der Waals surface area contributed by atoms with Crippen LogP contribution in [-0.2, 0) is 0 Å². The Morgan fingerprint density at radius 3 is 1.81 bits per heavy atom. The molecule has 0 saturated carbocycles. The standard InChI is InChI=1S/C24H6Br2O6/c25-13-6-11-9-4-12-18(24(30)32-23(12)29)20-17(9)16(13)8-3-1-2-7-10(21(27)31-22(11)28)5-14(26)19(20)15(7)8/h1-6H. The van der Waals surface area contributed by atoms with Gasteiger partial charge in [-0.25, -0.2) is 19.2 Å². The predicted octanol–water partition coefficient (Wildman–Crippen LogP) is 5.07. The maximum absolute atomic E-state index is 13.1. The van der Waals surface area contributed by atoms with E-state index in [0.29, 0.717) is 41.3 Å². The highest BCUT2D eigenvalue weighted by molar-refractivity contribution is 9.11. The molecule has 32 heavy (non-hydrogen) atoms. The van der Waals surface area contributed by atoms with E-state index < -0.39 is 22.5 Å². The average Bonchev–Trinajstić information content (AvgIpc) is 3.04. The summed E-state index contributed by atoms with van der Waals surface area (Å²) in [6, 6.07) is 10.2. The van der Waals surface area contributed by atoms with Crippen LogP contribution in [0, 0.1) is 0 Å². The molecule has 0 aliphatic heterocycles. The van der Waals surface area contributed by atoms with Crippen molar-refractivity contribution < 1.29 is 8.83 Å². The number of hydrogen-bond donors (Lipinski definition) is 0. The fraction of sp³-hybridized carbons (Fsp3) is 0. The van der Waals surface area contributed by atoms with Gasteiger partial charge in [0.05, 0.1) is 21.5 Å². The minimum atomic E-state index is -0.847. The monoisotopic (exact) mass is 548 g/mol. The topological polar surface area (TPSA) is 94.6 Å². The highest BCUT2D eigenvalue weighted by Gasteiger charge is 2.25. The molecule has 4 aromatic heterocycles. The zero-order chi connectivity index (χ0) is 22.0. The minimum absolute atomic E-state index is 0.0777. The van der Waals surface area contributed by atoms with Gasteiger partial charge in [0, 0.05) is 30.5 Å². The first-order valence-electron chi connectivity index (χ1n) is 9.49. The third-order valence-corrected chi connectivity index (χ3v) is 7.50. The third-order valence-electron chi connectivity index (χ3n) is 6.25. The second kappa shape index (κ2) is 5.70. The largest absolute Gasteiger partial charge is 0.386 e. The second-order valence-corrected chi connectivity index (χ2v) is 9.45. The van der Waals surface area contributed by atoms with Crippen LogP contribution in [0.1, 0.15) is 0 Å². The van der Waals surface area contributed by atoms with Crippen LogP contribution in [0.25, 0.3) is 64.6 Å². The lowest BCUT2D eigenvalue weighted by Gasteiger charge is -2.17. The summed E-state index contributed by atoms with van der Waals surface area (Å²) in [5.41, 5.74) is -3.15. The molecular formula is C24H6Br2O6. The third kappa shape index (κ3) is 1.96. The van der Waals surface area contributed by atoms with Gasteiger partial charge in [0.15, 0.2) is 0 Å². The molecule has 8 heteroatoms. The summed E-state index contributed by atoms with van der Waals surface area (Å²) < 4.78 is 11.3. The van der Waals surface area contributed by atoms with Crippen molar-refractivity contribution in [2.75, 3.05) is 0 Å². The van der Waals surface area contributed by atoms with E-state index in [1.807, 2.05) is 12.1 Å². The molecular weight excluding hydrogens is 544 g/mol. The molecule has 4 heterocycles. The molecule has 0 saturated heterocycles. The van der Waals surface area contributed by atoms with Crippen LogP contribution in [0.4, 0.5) is 0 Å². The van der Waals surface area contributed by atoms with Gasteiger partial charge in [-0.3, -0.25) is 0 Å². The molecule has 0 spiro atoms. The minimum Gasteiger partial charge on any atom is -0.386 e. The Bertz CT molecular complexity index is 2190. The normalized spacial score (nSPS) is 12.6. The van der Waals surface area contributed by atoms with Gasteiger partial charge in [0.1, 0.15) is 0 Å². The Morgan fingerprint density at radius 2 is 1.06 bits per heavy atom. The van der Waals surface area contributed by atoms with Gasteiger partial charge < -0.3 is 8.83 Å². The van der Waals surface area contributed by atoms with Crippen molar-refractivity contribution in [3.8, 4) is 0 Å². The molecule has 5 aromatic carbocycles. The lowest BCUT2D eigenvalue weighted by atomic mass is 9.86. The lowest BCUT2D eigenvalue weighted by Crippen LogP contribution is -2.07. The van der Waals surface area contributed by atoms with Crippen molar-refractivity contribution in [3.05, 3.63) is 87.0 Å². The first-order chi connectivity index (χ1) is 15.4. The van der Waals surface area contributed by atoms with Crippen LogP contribution in [0.2, 0.25) is 0 Å². The first-order valence-corrected chi connectivity index (χ1v) is 11.1. The molecule has 10 bridgehead atoms. The summed E-state index contributed by atoms with van der Waals surface area (Å²) in [6.07, 6.45) is 0. The zero-order valence-corrected chi connectivity index (χ0v) is 18.8. The quantitative estimate of drug-likeness (QED) is 0.194. The van der Waals surface area contributed by atoms with Crippen LogP contribution in [0.3, 0.4) is 0 Å². The molecule has 9 aromatic rings. The van der Waals surface area contributed by atoms with E-state index in [0.717, 1.165) is 10.8 Å². The van der Waals surface area contributed by atoms with Gasteiger partial charge in [-0.1, -0.05) is 50.1 Å². The number of rotatable bonds is 0. The molecule has 9 rings (SSSR count). The Labute approximate surface area is 191 Å². The molecule has 6 nitrogen and oxygen atoms in total. The Hall–Kier alpha value is -3.36. The fourth-order valence-electron chi connectivity index (χ4n) is 5.05. The fourth-order valence-corrected chi connectivity index (χ4v) is 6.32. The molecule has 0 aliphatic rings. The van der Waals surface area contributed by atoms with Gasteiger partial charge in [0.25, 0.3) is 0 Å². The molecule has 152 valence electrons. The molecule has 0 amide bonds. The van der Waals surface area contributed by atoms with E-state index in [1.54, 1.807) is 18.2 Å². The maximum atomic E-state index is 13.1. The number of benzene rings is 5. The van der Waals surface area contributed by atoms with E-state index in [9.17, 15) is 19.2 Å². The molecule has 0 atom stereocenters. The highest BCUT2D eigenvalue weighted by Crippen LogP contribution is 2.48. The highest BCUT2D eigenvalue weighted by atomic mass is 79.9. The van der Waals surface area contributed by atoms with E-state index in [2.05, 4.69) is 31.9 Å². The zero-order valence-electron chi connectivity index (χ0n) is 15.7. The summed E-state index contributed by atoms with van der Waals surface area (Å²) in [5.74, 6) is 0. The number of furan rings is 1. The Kier molecular flexibility index (Phi) is 3.25. The van der Waals surface area contributed by atoms with Crippen molar-refractivity contribution in [1.29, 1.82) is 0 Å². The van der Waals surface area contributed by atoms with Crippen molar-refractivity contribution in [3.63, 3.8) is 0 Å². The van der Waals surface area contributed by atoms with E-state index in [-0.39, 0.29) is 21.5 Å². The van der Waals surface area contributed by atoms with E-state index in [4.69, 9.17) is 8.83 Å². The van der Waals surface area contributed by atoms with Crippen LogP contribution >= 0.6 is 31.9 Å². The van der Waals surface area contributed by atoms with Crippen LogP contribution in [-0.4, -0.2) is 0 Å². The van der Waals surface area contributed by atoms with Crippen molar-refractivity contribution in [1.82, 2.24) is 0 Å². The molecule has 0 radical (unpaired) electrons. The number of hydrogen-bond acceptors (Lipinski definition) is 6. The number of halogens is 2. The van der Waals surface area contributed by atoms with E-state index in [1.165, 1.54) is 6.07 Å². The Balaban J connectivity index is 2.19. The molecule has 0 aliphatic carbocycles. The summed E-state index contributed by atoms with van der Waals surface area (Å²) in [4.78, 5) is 51.4. The van der Waals surface area contributed by atoms with Crippen LogP contribution in [0.15, 0.2) is 73.4 Å². The van der Waals surface area contributed by atoms with Gasteiger partial charge in [-0.05, 0) is 39.7 Å². The van der Waals surface area contributed by atoms with Gasteiger partial charge in [0.2, 0.25) is 0 Å². The molecule has 0 unspecified atom stereocenters. The van der Waals surface area contributed by atoms with Crippen LogP contribution in [0.5, 0.6) is 0 Å². The van der Waals surface area contributed by atoms with Crippen LogP contribution < -0.4 is 22.5 Å². The predicted molar refractivity (Wildman–Crippen MR) is 130 cm³/mol. The second-order valence-electron chi connectivity index (χ2n) is 7.74. The lowest BCUT2D eigenvalue weighted by molar-refractivity contribution is 0.491. The van der Waals surface area contributed by atoms with Crippen molar-refractivity contribution in [2.45, 2.75) is 0 Å². The first kappa shape index (κ1) is 18.2. The van der Waals surface area contributed by atoms with Gasteiger partial charge >= 0.3 is 22.5 Å². The summed E-state index contributed by atoms with van der Waals surface area (Å²) >= 11 is 7.14. The summed E-state index contributed by atoms with van der Waals surface area (Å²) in [6.45, 7) is 0. The number of fused-ring (bicyclic) bond motifs is 2. The molecule has 0 fully saturated rings. The SMILES string of the molecule is O=c1oc(=O)c2cc(Br)c3c4cccc5c1cc(Br)c(c54)c1c4c(=O)oc(=O)c4cc2c31. The van der Waals surface area contributed by atoms with Gasteiger partial charge in [-0.2, -0.15) is 0 Å². The molecule has 0 N–H and O–H groups in total. The summed E-state index contributed by atoms with van der Waals surface area (Å²) in [5, 5.41) is 5.60. The average molecular weight is 550 g/mol. The smallest absolute Gasteiger partial charge is 0.347 e. The van der Waals surface area contributed by atoms with E-state index >= 15 is 0 Å². The maximum Gasteiger partial charge on any atom is 0.347 e. The Morgan fingerprint density at radius 1 is 0.469 bits per heavy atom. The van der Waals surface area contributed by atoms with Gasteiger partial charge in [-0.15, -0.1) is 0 Å².